The lowest BCUT2D eigenvalue weighted by atomic mass is 10.1. The Kier molecular flexibility index (Phi) is 2.71. The quantitative estimate of drug-likeness (QED) is 0.788. The summed E-state index contributed by atoms with van der Waals surface area (Å²) in [5, 5.41) is 8.61. The Morgan fingerprint density at radius 3 is 2.27 bits per heavy atom. The molecule has 2 aromatic rings. The highest BCUT2D eigenvalue weighted by Gasteiger charge is 2.29. The summed E-state index contributed by atoms with van der Waals surface area (Å²) in [5.41, 5.74) is 1.04. The van der Waals surface area contributed by atoms with Crippen molar-refractivity contribution < 1.29 is 5.11 Å². The van der Waals surface area contributed by atoms with Gasteiger partial charge in [-0.3, -0.25) is 4.98 Å². The third-order valence-electron chi connectivity index (χ3n) is 2.16. The van der Waals surface area contributed by atoms with Gasteiger partial charge < -0.3 is 5.11 Å². The molecule has 0 saturated heterocycles. The summed E-state index contributed by atoms with van der Waals surface area (Å²) in [5.74, 6) is 0. The zero-order valence-corrected chi connectivity index (χ0v) is 8.72. The molecule has 0 radical (unpaired) electrons. The molecule has 0 spiro atoms. The van der Waals surface area contributed by atoms with Gasteiger partial charge in [0.05, 0.1) is 5.69 Å². The number of rotatable bonds is 2. The molecule has 3 heteroatoms. The highest BCUT2D eigenvalue weighted by atomic mass is 35.5. The molecular formula is C12H10ClNO. The van der Waals surface area contributed by atoms with Crippen molar-refractivity contribution in [2.75, 3.05) is 0 Å². The molecule has 1 aromatic heterocycles. The molecule has 0 aliphatic rings. The van der Waals surface area contributed by atoms with E-state index >= 15 is 0 Å². The predicted molar refractivity (Wildman–Crippen MR) is 59.5 cm³/mol. The van der Waals surface area contributed by atoms with Gasteiger partial charge in [0, 0.05) is 11.8 Å². The van der Waals surface area contributed by atoms with E-state index in [4.69, 9.17) is 11.6 Å². The van der Waals surface area contributed by atoms with Crippen LogP contribution in [0.3, 0.4) is 0 Å². The lowest BCUT2D eigenvalue weighted by Gasteiger charge is -2.20. The molecule has 0 saturated carbocycles. The fourth-order valence-corrected chi connectivity index (χ4v) is 1.60. The van der Waals surface area contributed by atoms with E-state index < -0.39 is 5.06 Å². The van der Waals surface area contributed by atoms with Crippen LogP contribution >= 0.6 is 11.6 Å². The van der Waals surface area contributed by atoms with Crippen LogP contribution in [0.2, 0.25) is 0 Å². The molecule has 0 aliphatic carbocycles. The Hall–Kier alpha value is -1.38. The Labute approximate surface area is 93.2 Å². The first kappa shape index (κ1) is 10.1. The minimum Gasteiger partial charge on any atom is -0.366 e. The average Bonchev–Trinajstić information content (AvgIpc) is 2.31. The second-order valence-corrected chi connectivity index (χ2v) is 3.75. The Balaban J connectivity index is 2.44. The summed E-state index contributed by atoms with van der Waals surface area (Å²) >= 11 is 6.08. The van der Waals surface area contributed by atoms with Crippen LogP contribution in [0.15, 0.2) is 54.7 Å². The fourth-order valence-electron chi connectivity index (χ4n) is 1.37. The van der Waals surface area contributed by atoms with Crippen LogP contribution in [0, 0.1) is 0 Å². The number of hydrogen-bond acceptors (Lipinski definition) is 2. The van der Waals surface area contributed by atoms with E-state index in [1.165, 1.54) is 0 Å². The zero-order chi connectivity index (χ0) is 10.7. The number of aliphatic hydroxyl groups is 1. The summed E-state index contributed by atoms with van der Waals surface area (Å²) in [6.45, 7) is 0. The molecule has 1 unspecified atom stereocenters. The maximum atomic E-state index is 10.2. The molecule has 15 heavy (non-hydrogen) atoms. The van der Waals surface area contributed by atoms with Gasteiger partial charge in [-0.15, -0.1) is 0 Å². The summed E-state index contributed by atoms with van der Waals surface area (Å²) in [4.78, 5) is 4.04. The van der Waals surface area contributed by atoms with Crippen LogP contribution in [0.25, 0.3) is 0 Å². The van der Waals surface area contributed by atoms with Crippen molar-refractivity contribution in [1.82, 2.24) is 4.98 Å². The molecule has 0 fully saturated rings. The van der Waals surface area contributed by atoms with E-state index in [0.29, 0.717) is 11.3 Å². The second kappa shape index (κ2) is 4.01. The fraction of sp³-hybridized carbons (Fsp3) is 0.0833. The highest BCUT2D eigenvalue weighted by molar-refractivity contribution is 6.24. The number of pyridine rings is 1. The summed E-state index contributed by atoms with van der Waals surface area (Å²) in [6.07, 6.45) is 1.60. The molecule has 2 nitrogen and oxygen atoms in total. The Morgan fingerprint density at radius 2 is 1.67 bits per heavy atom. The number of halogens is 1. The monoisotopic (exact) mass is 219 g/mol. The van der Waals surface area contributed by atoms with E-state index in [-0.39, 0.29) is 0 Å². The van der Waals surface area contributed by atoms with Gasteiger partial charge in [-0.2, -0.15) is 0 Å². The third kappa shape index (κ3) is 2.01. The van der Waals surface area contributed by atoms with Crippen molar-refractivity contribution in [3.63, 3.8) is 0 Å². The van der Waals surface area contributed by atoms with Gasteiger partial charge in [-0.1, -0.05) is 48.0 Å². The molecule has 0 amide bonds. The number of benzene rings is 1. The maximum absolute atomic E-state index is 10.2. The van der Waals surface area contributed by atoms with Crippen molar-refractivity contribution in [3.8, 4) is 0 Å². The maximum Gasteiger partial charge on any atom is 0.207 e. The number of alkyl halides is 1. The first-order valence-corrected chi connectivity index (χ1v) is 4.97. The first-order chi connectivity index (χ1) is 7.21. The van der Waals surface area contributed by atoms with E-state index in [0.717, 1.165) is 0 Å². The van der Waals surface area contributed by atoms with Crippen LogP contribution in [-0.2, 0) is 5.06 Å². The van der Waals surface area contributed by atoms with Gasteiger partial charge in [0.25, 0.3) is 0 Å². The first-order valence-electron chi connectivity index (χ1n) is 4.59. The zero-order valence-electron chi connectivity index (χ0n) is 7.97. The molecule has 2 rings (SSSR count). The van der Waals surface area contributed by atoms with Crippen molar-refractivity contribution in [1.29, 1.82) is 0 Å². The highest BCUT2D eigenvalue weighted by Crippen LogP contribution is 2.31. The molecule has 0 bridgehead atoms. The van der Waals surface area contributed by atoms with Gasteiger partial charge in [0.1, 0.15) is 0 Å². The number of nitrogens with zero attached hydrogens (tertiary/aromatic N) is 1. The van der Waals surface area contributed by atoms with Gasteiger partial charge in [0.15, 0.2) is 0 Å². The number of aromatic nitrogens is 1. The van der Waals surface area contributed by atoms with Crippen LogP contribution in [0.1, 0.15) is 11.3 Å². The van der Waals surface area contributed by atoms with Crippen molar-refractivity contribution >= 4 is 11.6 Å². The second-order valence-electron chi connectivity index (χ2n) is 3.20. The molecule has 1 aromatic carbocycles. The third-order valence-corrected chi connectivity index (χ3v) is 2.57. The van der Waals surface area contributed by atoms with Crippen LogP contribution < -0.4 is 0 Å². The molecule has 0 aliphatic heterocycles. The van der Waals surface area contributed by atoms with E-state index in [9.17, 15) is 5.11 Å². The van der Waals surface area contributed by atoms with Gasteiger partial charge in [-0.05, 0) is 12.1 Å². The largest absolute Gasteiger partial charge is 0.366 e. The van der Waals surface area contributed by atoms with Crippen LogP contribution in [0.5, 0.6) is 0 Å². The summed E-state index contributed by atoms with van der Waals surface area (Å²) < 4.78 is 0. The smallest absolute Gasteiger partial charge is 0.207 e. The Morgan fingerprint density at radius 1 is 1.00 bits per heavy atom. The minimum atomic E-state index is -1.55. The predicted octanol–water partition coefficient (Wildman–Crippen LogP) is 2.51. The molecule has 1 heterocycles. The van der Waals surface area contributed by atoms with E-state index in [1.807, 2.05) is 18.2 Å². The molecule has 1 atom stereocenters. The molecule has 76 valence electrons. The van der Waals surface area contributed by atoms with Crippen molar-refractivity contribution in [3.05, 3.63) is 66.0 Å². The van der Waals surface area contributed by atoms with Gasteiger partial charge in [0.2, 0.25) is 5.06 Å². The number of hydrogen-bond donors (Lipinski definition) is 1. The topological polar surface area (TPSA) is 33.1 Å². The normalized spacial score (nSPS) is 14.5. The van der Waals surface area contributed by atoms with E-state index in [2.05, 4.69) is 4.98 Å². The van der Waals surface area contributed by atoms with Crippen LogP contribution in [0.4, 0.5) is 0 Å². The average molecular weight is 220 g/mol. The molecule has 1 N–H and O–H groups in total. The van der Waals surface area contributed by atoms with E-state index in [1.54, 1.807) is 36.5 Å². The lowest BCUT2D eigenvalue weighted by Crippen LogP contribution is -2.20. The molecular weight excluding hydrogens is 210 g/mol. The van der Waals surface area contributed by atoms with Crippen LogP contribution in [-0.4, -0.2) is 10.1 Å². The van der Waals surface area contributed by atoms with Crippen molar-refractivity contribution in [2.24, 2.45) is 0 Å². The standard InChI is InChI=1S/C12H10ClNO/c13-12(15,10-6-2-1-3-7-10)11-8-4-5-9-14-11/h1-9,15H. The van der Waals surface area contributed by atoms with Gasteiger partial charge >= 0.3 is 0 Å². The summed E-state index contributed by atoms with van der Waals surface area (Å²) in [6, 6.07) is 14.3. The van der Waals surface area contributed by atoms with Crippen molar-refractivity contribution in [2.45, 2.75) is 5.06 Å². The van der Waals surface area contributed by atoms with Gasteiger partial charge in [-0.25, -0.2) is 0 Å². The minimum absolute atomic E-state index is 0.429. The Bertz CT molecular complexity index is 386. The summed E-state index contributed by atoms with van der Waals surface area (Å²) in [7, 11) is 0. The SMILES string of the molecule is OC(Cl)(c1ccccc1)c1ccccn1. The lowest BCUT2D eigenvalue weighted by molar-refractivity contribution is 0.168.